The minimum absolute atomic E-state index is 0.527. The minimum atomic E-state index is 0.527. The Morgan fingerprint density at radius 3 is 2.46 bits per heavy atom. The van der Waals surface area contributed by atoms with Crippen molar-refractivity contribution in [3.05, 3.63) is 57.6 Å². The van der Waals surface area contributed by atoms with Gasteiger partial charge in [0, 0.05) is 24.1 Å². The number of ether oxygens (including phenoxy) is 2. The lowest BCUT2D eigenvalue weighted by molar-refractivity contribution is 0.268. The Labute approximate surface area is 165 Å². The van der Waals surface area contributed by atoms with E-state index in [1.807, 2.05) is 25.1 Å². The Hall–Kier alpha value is -1.56. The first kappa shape index (κ1) is 20.7. The molecule has 2 aromatic rings. The van der Waals surface area contributed by atoms with Crippen molar-refractivity contribution in [2.75, 3.05) is 33.8 Å². The van der Waals surface area contributed by atoms with E-state index in [0.717, 1.165) is 41.2 Å². The van der Waals surface area contributed by atoms with Crippen LogP contribution in [0.2, 0.25) is 0 Å². The Bertz CT molecular complexity index is 704. The molecule has 0 radical (unpaired) electrons. The third-order valence-electron chi connectivity index (χ3n) is 4.11. The van der Waals surface area contributed by atoms with Crippen molar-refractivity contribution < 1.29 is 9.47 Å². The van der Waals surface area contributed by atoms with Crippen LogP contribution >= 0.6 is 15.9 Å². The van der Waals surface area contributed by atoms with Crippen LogP contribution in [0.15, 0.2) is 40.9 Å². The molecule has 2 aromatic carbocycles. The third-order valence-corrected chi connectivity index (χ3v) is 4.85. The monoisotopic (exact) mass is 420 g/mol. The summed E-state index contributed by atoms with van der Waals surface area (Å²) >= 11 is 3.67. The van der Waals surface area contributed by atoms with Gasteiger partial charge in [-0.2, -0.15) is 0 Å². The van der Waals surface area contributed by atoms with Gasteiger partial charge in [0.1, 0.15) is 6.61 Å². The van der Waals surface area contributed by atoms with E-state index < -0.39 is 0 Å². The van der Waals surface area contributed by atoms with Gasteiger partial charge in [0.2, 0.25) is 0 Å². The van der Waals surface area contributed by atoms with Gasteiger partial charge in [-0.1, -0.05) is 40.2 Å². The predicted molar refractivity (Wildman–Crippen MR) is 111 cm³/mol. The molecule has 0 saturated heterocycles. The summed E-state index contributed by atoms with van der Waals surface area (Å²) in [7, 11) is 4.15. The van der Waals surface area contributed by atoms with Gasteiger partial charge in [0.25, 0.3) is 0 Å². The molecule has 0 aliphatic heterocycles. The molecular weight excluding hydrogens is 392 g/mol. The molecule has 0 atom stereocenters. The molecule has 0 fully saturated rings. The molecule has 2 rings (SSSR count). The lowest BCUT2D eigenvalue weighted by Crippen LogP contribution is -2.26. The molecule has 0 spiro atoms. The van der Waals surface area contributed by atoms with Crippen molar-refractivity contribution in [2.45, 2.75) is 27.0 Å². The number of nitrogens with one attached hydrogen (secondary N) is 1. The fourth-order valence-corrected chi connectivity index (χ4v) is 3.01. The molecule has 5 heteroatoms. The summed E-state index contributed by atoms with van der Waals surface area (Å²) in [5.74, 6) is 1.55. The van der Waals surface area contributed by atoms with Crippen LogP contribution in [-0.2, 0) is 13.2 Å². The first-order valence-corrected chi connectivity index (χ1v) is 9.78. The van der Waals surface area contributed by atoms with E-state index in [1.165, 1.54) is 11.1 Å². The van der Waals surface area contributed by atoms with Crippen LogP contribution in [0, 0.1) is 6.92 Å². The summed E-state index contributed by atoms with van der Waals surface area (Å²) < 4.78 is 12.9. The molecule has 0 aromatic heterocycles. The zero-order chi connectivity index (χ0) is 18.9. The Kier molecular flexibility index (Phi) is 8.42. The van der Waals surface area contributed by atoms with Gasteiger partial charge in [-0.05, 0) is 56.8 Å². The predicted octanol–water partition coefficient (Wildman–Crippen LogP) is 4.39. The average molecular weight is 421 g/mol. The first-order chi connectivity index (χ1) is 12.5. The largest absolute Gasteiger partial charge is 0.490 e. The molecule has 0 saturated carbocycles. The maximum Gasteiger partial charge on any atom is 0.162 e. The first-order valence-electron chi connectivity index (χ1n) is 8.99. The fraction of sp³-hybridized carbons (Fsp3) is 0.429. The van der Waals surface area contributed by atoms with E-state index in [0.29, 0.717) is 13.2 Å². The molecule has 0 unspecified atom stereocenters. The van der Waals surface area contributed by atoms with Crippen molar-refractivity contribution >= 4 is 15.9 Å². The highest BCUT2D eigenvalue weighted by Crippen LogP contribution is 2.34. The van der Waals surface area contributed by atoms with Crippen molar-refractivity contribution in [3.8, 4) is 11.5 Å². The highest BCUT2D eigenvalue weighted by molar-refractivity contribution is 9.10. The van der Waals surface area contributed by atoms with Crippen LogP contribution in [0.3, 0.4) is 0 Å². The van der Waals surface area contributed by atoms with E-state index in [9.17, 15) is 0 Å². The van der Waals surface area contributed by atoms with E-state index in [4.69, 9.17) is 9.47 Å². The zero-order valence-corrected chi connectivity index (χ0v) is 17.7. The van der Waals surface area contributed by atoms with E-state index in [1.54, 1.807) is 0 Å². The number of likely N-dealkylation sites (N-methyl/N-ethyl adjacent to an activating group) is 1. The normalized spacial score (nSPS) is 11.0. The lowest BCUT2D eigenvalue weighted by Gasteiger charge is -2.16. The third kappa shape index (κ3) is 6.31. The molecule has 26 heavy (non-hydrogen) atoms. The molecule has 142 valence electrons. The number of halogens is 1. The maximum atomic E-state index is 6.07. The van der Waals surface area contributed by atoms with Crippen molar-refractivity contribution in [1.29, 1.82) is 0 Å². The summed E-state index contributed by atoms with van der Waals surface area (Å²) in [4.78, 5) is 2.16. The standard InChI is InChI=1S/C21H29BrN2O2/c1-5-25-20-12-18(14-23-10-11-24(3)4)19(22)13-21(20)26-15-17-9-7-6-8-16(17)2/h6-9,12-13,23H,5,10-11,14-15H2,1-4H3. The number of hydrogen-bond acceptors (Lipinski definition) is 4. The summed E-state index contributed by atoms with van der Waals surface area (Å²) in [6, 6.07) is 12.3. The average Bonchev–Trinajstić information content (AvgIpc) is 2.60. The molecule has 0 amide bonds. The van der Waals surface area contributed by atoms with Crippen molar-refractivity contribution in [1.82, 2.24) is 10.2 Å². The highest BCUT2D eigenvalue weighted by atomic mass is 79.9. The van der Waals surface area contributed by atoms with Gasteiger partial charge in [-0.15, -0.1) is 0 Å². The van der Waals surface area contributed by atoms with Gasteiger partial charge in [-0.3, -0.25) is 0 Å². The van der Waals surface area contributed by atoms with Gasteiger partial charge in [-0.25, -0.2) is 0 Å². The van der Waals surface area contributed by atoms with E-state index in [-0.39, 0.29) is 0 Å². The molecule has 0 aliphatic carbocycles. The minimum Gasteiger partial charge on any atom is -0.490 e. The quantitative estimate of drug-likeness (QED) is 0.577. The van der Waals surface area contributed by atoms with Crippen LogP contribution < -0.4 is 14.8 Å². The molecule has 1 N–H and O–H groups in total. The van der Waals surface area contributed by atoms with Crippen molar-refractivity contribution in [2.24, 2.45) is 0 Å². The van der Waals surface area contributed by atoms with E-state index in [2.05, 4.69) is 65.4 Å². The topological polar surface area (TPSA) is 33.7 Å². The van der Waals surface area contributed by atoms with Gasteiger partial charge >= 0.3 is 0 Å². The van der Waals surface area contributed by atoms with E-state index >= 15 is 0 Å². The van der Waals surface area contributed by atoms with Crippen LogP contribution in [0.1, 0.15) is 23.6 Å². The van der Waals surface area contributed by atoms with Crippen LogP contribution in [0.4, 0.5) is 0 Å². The number of rotatable bonds is 10. The Balaban J connectivity index is 2.08. The number of aryl methyl sites for hydroxylation is 1. The number of nitrogens with zero attached hydrogens (tertiary/aromatic N) is 1. The number of benzene rings is 2. The Morgan fingerprint density at radius 2 is 1.77 bits per heavy atom. The SMILES string of the molecule is CCOc1cc(CNCCN(C)C)c(Br)cc1OCc1ccccc1C. The second-order valence-electron chi connectivity index (χ2n) is 6.52. The fourth-order valence-electron chi connectivity index (χ4n) is 2.55. The molecule has 0 aliphatic rings. The number of hydrogen-bond donors (Lipinski definition) is 1. The summed E-state index contributed by atoms with van der Waals surface area (Å²) in [6.07, 6.45) is 0. The summed E-state index contributed by atoms with van der Waals surface area (Å²) in [6.45, 7) is 7.95. The van der Waals surface area contributed by atoms with Gasteiger partial charge in [0.05, 0.1) is 6.61 Å². The smallest absolute Gasteiger partial charge is 0.162 e. The molecular formula is C21H29BrN2O2. The van der Waals surface area contributed by atoms with Gasteiger partial charge < -0.3 is 19.7 Å². The highest BCUT2D eigenvalue weighted by Gasteiger charge is 2.11. The zero-order valence-electron chi connectivity index (χ0n) is 16.1. The lowest BCUT2D eigenvalue weighted by atomic mass is 10.1. The molecule has 0 bridgehead atoms. The van der Waals surface area contributed by atoms with Crippen LogP contribution in [0.5, 0.6) is 11.5 Å². The second kappa shape index (κ2) is 10.6. The Morgan fingerprint density at radius 1 is 1.04 bits per heavy atom. The summed E-state index contributed by atoms with van der Waals surface area (Å²) in [5, 5.41) is 3.46. The molecule has 0 heterocycles. The maximum absolute atomic E-state index is 6.07. The van der Waals surface area contributed by atoms with Gasteiger partial charge in [0.15, 0.2) is 11.5 Å². The summed E-state index contributed by atoms with van der Waals surface area (Å²) in [5.41, 5.74) is 3.57. The van der Waals surface area contributed by atoms with Crippen molar-refractivity contribution in [3.63, 3.8) is 0 Å². The second-order valence-corrected chi connectivity index (χ2v) is 7.37. The van der Waals surface area contributed by atoms with Crippen LogP contribution in [-0.4, -0.2) is 38.7 Å². The van der Waals surface area contributed by atoms with Crippen LogP contribution in [0.25, 0.3) is 0 Å². The molecule has 4 nitrogen and oxygen atoms in total.